The van der Waals surface area contributed by atoms with E-state index in [1.54, 1.807) is 13.2 Å². The summed E-state index contributed by atoms with van der Waals surface area (Å²) in [7, 11) is 1.57. The zero-order valence-electron chi connectivity index (χ0n) is 12.6. The maximum absolute atomic E-state index is 9.58. The third-order valence-electron chi connectivity index (χ3n) is 3.88. The maximum Gasteiger partial charge on any atom is 0.160 e. The van der Waals surface area contributed by atoms with Crippen LogP contribution in [0.4, 0.5) is 0 Å². The van der Waals surface area contributed by atoms with Crippen molar-refractivity contribution in [2.24, 2.45) is 0 Å². The fourth-order valence-electron chi connectivity index (χ4n) is 2.72. The molecule has 1 fully saturated rings. The molecule has 20 heavy (non-hydrogen) atoms. The number of aromatic hydroxyl groups is 1. The normalized spacial score (nSPS) is 17.9. The number of methoxy groups -OCH3 is 1. The summed E-state index contributed by atoms with van der Waals surface area (Å²) in [5.74, 6) is 0.727. The SMILES string of the molecule is COc1cc(CNC(C)CN2CCCCC2)ccc1O. The lowest BCUT2D eigenvalue weighted by Gasteiger charge is -2.29. The molecule has 1 aliphatic heterocycles. The van der Waals surface area contributed by atoms with E-state index in [9.17, 15) is 5.11 Å². The van der Waals surface area contributed by atoms with Crippen LogP contribution in [0.5, 0.6) is 11.5 Å². The molecule has 1 aromatic rings. The van der Waals surface area contributed by atoms with Gasteiger partial charge in [0.05, 0.1) is 7.11 Å². The number of phenolic OH excluding ortho intramolecular Hbond substituents is 1. The first-order chi connectivity index (χ1) is 9.69. The Morgan fingerprint density at radius 2 is 2.05 bits per heavy atom. The number of ether oxygens (including phenoxy) is 1. The second kappa shape index (κ2) is 7.50. The predicted molar refractivity (Wildman–Crippen MR) is 81.3 cm³/mol. The van der Waals surface area contributed by atoms with Crippen molar-refractivity contribution in [1.82, 2.24) is 10.2 Å². The summed E-state index contributed by atoms with van der Waals surface area (Å²) in [5.41, 5.74) is 1.13. The summed E-state index contributed by atoms with van der Waals surface area (Å²) in [6.45, 7) is 6.60. The summed E-state index contributed by atoms with van der Waals surface area (Å²) in [5, 5.41) is 13.1. The van der Waals surface area contributed by atoms with E-state index in [0.29, 0.717) is 11.8 Å². The second-order valence-corrected chi connectivity index (χ2v) is 5.65. The van der Waals surface area contributed by atoms with Crippen LogP contribution in [-0.4, -0.2) is 42.8 Å². The smallest absolute Gasteiger partial charge is 0.160 e. The Morgan fingerprint density at radius 3 is 2.75 bits per heavy atom. The van der Waals surface area contributed by atoms with Crippen LogP contribution in [0, 0.1) is 0 Å². The summed E-state index contributed by atoms with van der Waals surface area (Å²) in [6.07, 6.45) is 4.05. The molecule has 2 N–H and O–H groups in total. The molecule has 0 bridgehead atoms. The lowest BCUT2D eigenvalue weighted by molar-refractivity contribution is 0.209. The van der Waals surface area contributed by atoms with Crippen molar-refractivity contribution in [3.05, 3.63) is 23.8 Å². The third-order valence-corrected chi connectivity index (χ3v) is 3.88. The molecule has 112 valence electrons. The summed E-state index contributed by atoms with van der Waals surface area (Å²) in [4.78, 5) is 2.54. The molecule has 0 aliphatic carbocycles. The minimum absolute atomic E-state index is 0.192. The predicted octanol–water partition coefficient (Wildman–Crippen LogP) is 2.36. The van der Waals surface area contributed by atoms with Crippen molar-refractivity contribution < 1.29 is 9.84 Å². The number of hydrogen-bond acceptors (Lipinski definition) is 4. The largest absolute Gasteiger partial charge is 0.504 e. The Hall–Kier alpha value is -1.26. The molecule has 1 aliphatic rings. The maximum atomic E-state index is 9.58. The molecule has 4 heteroatoms. The molecule has 1 atom stereocenters. The number of nitrogens with zero attached hydrogens (tertiary/aromatic N) is 1. The van der Waals surface area contributed by atoms with Gasteiger partial charge in [0.2, 0.25) is 0 Å². The molecule has 0 saturated carbocycles. The molecule has 1 saturated heterocycles. The van der Waals surface area contributed by atoms with Gasteiger partial charge >= 0.3 is 0 Å². The topological polar surface area (TPSA) is 44.7 Å². The summed E-state index contributed by atoms with van der Waals surface area (Å²) >= 11 is 0. The number of nitrogens with one attached hydrogen (secondary N) is 1. The van der Waals surface area contributed by atoms with Crippen molar-refractivity contribution in [2.45, 2.75) is 38.8 Å². The van der Waals surface area contributed by atoms with E-state index in [4.69, 9.17) is 4.74 Å². The number of rotatable bonds is 6. The highest BCUT2D eigenvalue weighted by atomic mass is 16.5. The monoisotopic (exact) mass is 278 g/mol. The number of benzene rings is 1. The standard InChI is InChI=1S/C16H26N2O2/c1-13(12-18-8-4-3-5-9-18)17-11-14-6-7-15(19)16(10-14)20-2/h6-7,10,13,17,19H,3-5,8-9,11-12H2,1-2H3. The van der Waals surface area contributed by atoms with Gasteiger partial charge in [0, 0.05) is 19.1 Å². The van der Waals surface area contributed by atoms with Gasteiger partial charge in [-0.05, 0) is 50.6 Å². The van der Waals surface area contributed by atoms with E-state index in [0.717, 1.165) is 18.7 Å². The van der Waals surface area contributed by atoms with E-state index < -0.39 is 0 Å². The van der Waals surface area contributed by atoms with Crippen LogP contribution in [0.3, 0.4) is 0 Å². The lowest BCUT2D eigenvalue weighted by Crippen LogP contribution is -2.41. The molecule has 0 aromatic heterocycles. The van der Waals surface area contributed by atoms with E-state index in [1.807, 2.05) is 12.1 Å². The van der Waals surface area contributed by atoms with E-state index in [2.05, 4.69) is 17.1 Å². The Bertz CT molecular complexity index is 417. The van der Waals surface area contributed by atoms with Gasteiger partial charge in [-0.25, -0.2) is 0 Å². The van der Waals surface area contributed by atoms with Gasteiger partial charge in [-0.1, -0.05) is 12.5 Å². The van der Waals surface area contributed by atoms with E-state index in [1.165, 1.54) is 32.4 Å². The van der Waals surface area contributed by atoms with Gasteiger partial charge in [0.25, 0.3) is 0 Å². The first-order valence-corrected chi connectivity index (χ1v) is 7.50. The third kappa shape index (κ3) is 4.39. The highest BCUT2D eigenvalue weighted by Crippen LogP contribution is 2.26. The molecule has 0 amide bonds. The molecule has 0 spiro atoms. The average molecular weight is 278 g/mol. The van der Waals surface area contributed by atoms with Gasteiger partial charge in [-0.3, -0.25) is 0 Å². The van der Waals surface area contributed by atoms with Crippen LogP contribution in [0.15, 0.2) is 18.2 Å². The summed E-state index contributed by atoms with van der Waals surface area (Å²) in [6, 6.07) is 5.97. The fraction of sp³-hybridized carbons (Fsp3) is 0.625. The van der Waals surface area contributed by atoms with Gasteiger partial charge in [-0.15, -0.1) is 0 Å². The van der Waals surface area contributed by atoms with Crippen LogP contribution in [0.2, 0.25) is 0 Å². The molecule has 4 nitrogen and oxygen atoms in total. The zero-order valence-corrected chi connectivity index (χ0v) is 12.6. The summed E-state index contributed by atoms with van der Waals surface area (Å²) < 4.78 is 5.13. The molecule has 1 unspecified atom stereocenters. The first kappa shape index (κ1) is 15.1. The van der Waals surface area contributed by atoms with Crippen LogP contribution in [0.1, 0.15) is 31.7 Å². The number of likely N-dealkylation sites (tertiary alicyclic amines) is 1. The first-order valence-electron chi connectivity index (χ1n) is 7.50. The van der Waals surface area contributed by atoms with Crippen LogP contribution >= 0.6 is 0 Å². The van der Waals surface area contributed by atoms with Crippen molar-refractivity contribution in [2.75, 3.05) is 26.7 Å². The Labute approximate surface area is 121 Å². The molecular formula is C16H26N2O2. The molecule has 2 rings (SSSR count). The number of piperidine rings is 1. The van der Waals surface area contributed by atoms with Crippen molar-refractivity contribution in [3.63, 3.8) is 0 Å². The van der Waals surface area contributed by atoms with Crippen molar-refractivity contribution in [3.8, 4) is 11.5 Å². The van der Waals surface area contributed by atoms with Crippen LogP contribution in [0.25, 0.3) is 0 Å². The van der Waals surface area contributed by atoms with Gasteiger partial charge in [-0.2, -0.15) is 0 Å². The molecule has 1 aromatic carbocycles. The van der Waals surface area contributed by atoms with E-state index >= 15 is 0 Å². The molecule has 0 radical (unpaired) electrons. The van der Waals surface area contributed by atoms with Gasteiger partial charge in [0.15, 0.2) is 11.5 Å². The highest BCUT2D eigenvalue weighted by molar-refractivity contribution is 5.41. The Balaban J connectivity index is 1.78. The van der Waals surface area contributed by atoms with Gasteiger partial charge in [0.1, 0.15) is 0 Å². The van der Waals surface area contributed by atoms with E-state index in [-0.39, 0.29) is 5.75 Å². The van der Waals surface area contributed by atoms with Crippen LogP contribution < -0.4 is 10.1 Å². The minimum atomic E-state index is 0.192. The average Bonchev–Trinajstić information content (AvgIpc) is 2.47. The zero-order chi connectivity index (χ0) is 14.4. The van der Waals surface area contributed by atoms with Crippen molar-refractivity contribution in [1.29, 1.82) is 0 Å². The quantitative estimate of drug-likeness (QED) is 0.838. The molecular weight excluding hydrogens is 252 g/mol. The highest BCUT2D eigenvalue weighted by Gasteiger charge is 2.13. The minimum Gasteiger partial charge on any atom is -0.504 e. The second-order valence-electron chi connectivity index (χ2n) is 5.65. The number of hydrogen-bond donors (Lipinski definition) is 2. The number of phenols is 1. The van der Waals surface area contributed by atoms with Crippen LogP contribution in [-0.2, 0) is 6.54 Å². The lowest BCUT2D eigenvalue weighted by atomic mass is 10.1. The molecule has 1 heterocycles. The fourth-order valence-corrected chi connectivity index (χ4v) is 2.72. The van der Waals surface area contributed by atoms with Gasteiger partial charge < -0.3 is 20.1 Å². The Kier molecular flexibility index (Phi) is 5.68. The van der Waals surface area contributed by atoms with Crippen molar-refractivity contribution >= 4 is 0 Å². The Morgan fingerprint density at radius 1 is 1.30 bits per heavy atom.